The highest BCUT2D eigenvalue weighted by atomic mass is 19.4. The van der Waals surface area contributed by atoms with Gasteiger partial charge in [-0.2, -0.15) is 18.3 Å². The number of nitrogens with two attached hydrogens (primary N) is 1. The molecule has 7 N–H and O–H groups in total. The topological polar surface area (TPSA) is 143 Å². The first kappa shape index (κ1) is 30.3. The van der Waals surface area contributed by atoms with Crippen molar-refractivity contribution in [3.05, 3.63) is 46.3 Å². The van der Waals surface area contributed by atoms with Gasteiger partial charge < -0.3 is 26.2 Å². The Labute approximate surface area is 232 Å². The van der Waals surface area contributed by atoms with Crippen LogP contribution in [0.1, 0.15) is 42.1 Å². The number of nitrogens with zero attached hydrogens (tertiary/aromatic N) is 3. The lowest BCUT2D eigenvalue weighted by atomic mass is 9.96. The Balaban J connectivity index is 1.88. The van der Waals surface area contributed by atoms with Gasteiger partial charge in [0, 0.05) is 31.5 Å². The minimum Gasteiger partial charge on any atom is -0.473 e. The Kier molecular flexibility index (Phi) is 8.89. The SMILES string of the molecule is Cc1c(F)c(N)cc(-c2nc(OC(C)CC3CCN3)c(NO)c(NCc3nn(C)cc3CCO)c2F)c1C(F)(F)F. The van der Waals surface area contributed by atoms with E-state index in [0.717, 1.165) is 19.9 Å². The van der Waals surface area contributed by atoms with Crippen molar-refractivity contribution in [2.24, 2.45) is 7.05 Å². The number of aliphatic hydroxyl groups excluding tert-OH is 1. The molecule has 0 amide bonds. The molecular weight excluding hydrogens is 553 g/mol. The fourth-order valence-electron chi connectivity index (χ4n) is 4.87. The summed E-state index contributed by atoms with van der Waals surface area (Å²) >= 11 is 0. The number of aliphatic hydroxyl groups is 1. The van der Waals surface area contributed by atoms with Crippen molar-refractivity contribution in [2.45, 2.75) is 58.0 Å². The number of hydrogen-bond donors (Lipinski definition) is 6. The smallest absolute Gasteiger partial charge is 0.417 e. The van der Waals surface area contributed by atoms with Crippen LogP contribution in [0.2, 0.25) is 0 Å². The largest absolute Gasteiger partial charge is 0.473 e. The van der Waals surface area contributed by atoms with Crippen molar-refractivity contribution in [2.75, 3.05) is 29.7 Å². The number of nitrogens with one attached hydrogen (secondary N) is 3. The summed E-state index contributed by atoms with van der Waals surface area (Å²) in [5.41, 5.74) is 3.27. The Morgan fingerprint density at radius 1 is 1.27 bits per heavy atom. The van der Waals surface area contributed by atoms with Gasteiger partial charge in [-0.15, -0.1) is 0 Å². The number of halogens is 5. The Bertz CT molecular complexity index is 1410. The number of aryl methyl sites for hydroxylation is 1. The van der Waals surface area contributed by atoms with Crippen LogP contribution in [0.5, 0.6) is 5.88 Å². The lowest BCUT2D eigenvalue weighted by Gasteiger charge is -2.30. The highest BCUT2D eigenvalue weighted by molar-refractivity contribution is 5.82. The number of aromatic nitrogens is 3. The molecule has 0 radical (unpaired) electrons. The van der Waals surface area contributed by atoms with Gasteiger partial charge in [-0.1, -0.05) is 0 Å². The van der Waals surface area contributed by atoms with Crippen LogP contribution in [0.4, 0.5) is 39.0 Å². The number of pyridine rings is 1. The van der Waals surface area contributed by atoms with E-state index in [1.54, 1.807) is 20.2 Å². The molecule has 2 atom stereocenters. The van der Waals surface area contributed by atoms with E-state index in [9.17, 15) is 27.9 Å². The first-order chi connectivity index (χ1) is 19.3. The third-order valence-corrected chi connectivity index (χ3v) is 6.94. The van der Waals surface area contributed by atoms with Crippen LogP contribution in [0.25, 0.3) is 11.3 Å². The number of alkyl halides is 3. The number of anilines is 3. The van der Waals surface area contributed by atoms with Gasteiger partial charge in [-0.25, -0.2) is 13.8 Å². The first-order valence-electron chi connectivity index (χ1n) is 12.9. The molecule has 1 aromatic carbocycles. The quantitative estimate of drug-likeness (QED) is 0.111. The molecule has 0 bridgehead atoms. The van der Waals surface area contributed by atoms with Crippen molar-refractivity contribution >= 4 is 17.1 Å². The third kappa shape index (κ3) is 6.31. The molecule has 0 saturated carbocycles. The fraction of sp³-hybridized carbons (Fsp3) is 0.462. The summed E-state index contributed by atoms with van der Waals surface area (Å²) in [7, 11) is 1.65. The van der Waals surface area contributed by atoms with Gasteiger partial charge in [0.05, 0.1) is 29.6 Å². The highest BCUT2D eigenvalue weighted by Gasteiger charge is 2.39. The van der Waals surface area contributed by atoms with E-state index in [1.807, 2.05) is 5.48 Å². The maximum atomic E-state index is 16.2. The lowest BCUT2D eigenvalue weighted by Crippen LogP contribution is -2.45. The number of ether oxygens (including phenoxy) is 1. The lowest BCUT2D eigenvalue weighted by molar-refractivity contribution is -0.137. The normalized spacial score (nSPS) is 15.9. The molecule has 3 aromatic rings. The van der Waals surface area contributed by atoms with Gasteiger partial charge in [0.2, 0.25) is 5.88 Å². The van der Waals surface area contributed by atoms with Crippen molar-refractivity contribution in [3.63, 3.8) is 0 Å². The second kappa shape index (κ2) is 12.0. The van der Waals surface area contributed by atoms with Crippen LogP contribution in [-0.4, -0.2) is 50.4 Å². The molecule has 2 aromatic heterocycles. The number of hydrogen-bond acceptors (Lipinski definition) is 9. The molecule has 1 aliphatic rings. The molecule has 1 saturated heterocycles. The van der Waals surface area contributed by atoms with Gasteiger partial charge in [0.15, 0.2) is 5.82 Å². The van der Waals surface area contributed by atoms with Gasteiger partial charge in [0.1, 0.15) is 22.9 Å². The summed E-state index contributed by atoms with van der Waals surface area (Å²) in [6.07, 6.45) is -2.29. The van der Waals surface area contributed by atoms with Crippen LogP contribution >= 0.6 is 0 Å². The average molecular weight is 586 g/mol. The molecule has 10 nitrogen and oxygen atoms in total. The van der Waals surface area contributed by atoms with E-state index in [-0.39, 0.29) is 37.2 Å². The van der Waals surface area contributed by atoms with Crippen LogP contribution in [0, 0.1) is 18.6 Å². The summed E-state index contributed by atoms with van der Waals surface area (Å²) in [5.74, 6) is -2.95. The predicted octanol–water partition coefficient (Wildman–Crippen LogP) is 4.14. The monoisotopic (exact) mass is 585 g/mol. The molecule has 15 heteroatoms. The summed E-state index contributed by atoms with van der Waals surface area (Å²) in [5, 5.41) is 29.6. The summed E-state index contributed by atoms with van der Waals surface area (Å²) in [4.78, 5) is 4.05. The van der Waals surface area contributed by atoms with Crippen LogP contribution in [-0.2, 0) is 26.2 Å². The van der Waals surface area contributed by atoms with Crippen LogP contribution in [0.3, 0.4) is 0 Å². The van der Waals surface area contributed by atoms with E-state index in [2.05, 4.69) is 20.7 Å². The second-order valence-electron chi connectivity index (χ2n) is 9.97. The molecule has 2 unspecified atom stereocenters. The maximum Gasteiger partial charge on any atom is 0.417 e. The Hall–Kier alpha value is -3.69. The number of benzene rings is 1. The Morgan fingerprint density at radius 2 is 1.98 bits per heavy atom. The molecule has 1 fully saturated rings. The minimum atomic E-state index is -5.08. The number of nitrogen functional groups attached to an aromatic ring is 1. The van der Waals surface area contributed by atoms with Gasteiger partial charge in [-0.3, -0.25) is 15.4 Å². The molecule has 0 aliphatic carbocycles. The Morgan fingerprint density at radius 3 is 2.56 bits per heavy atom. The van der Waals surface area contributed by atoms with Crippen molar-refractivity contribution in [1.82, 2.24) is 20.1 Å². The zero-order valence-corrected chi connectivity index (χ0v) is 22.7. The minimum absolute atomic E-state index is 0.136. The highest BCUT2D eigenvalue weighted by Crippen LogP contribution is 2.45. The van der Waals surface area contributed by atoms with E-state index in [4.69, 9.17) is 10.5 Å². The van der Waals surface area contributed by atoms with E-state index in [1.165, 1.54) is 4.68 Å². The summed E-state index contributed by atoms with van der Waals surface area (Å²) in [6, 6.07) is 0.828. The van der Waals surface area contributed by atoms with E-state index in [0.29, 0.717) is 23.7 Å². The molecule has 3 heterocycles. The van der Waals surface area contributed by atoms with Gasteiger partial charge >= 0.3 is 6.18 Å². The predicted molar refractivity (Wildman–Crippen MR) is 142 cm³/mol. The molecule has 1 aliphatic heterocycles. The molecular formula is C26H32F5N7O3. The van der Waals surface area contributed by atoms with Crippen molar-refractivity contribution in [1.29, 1.82) is 0 Å². The average Bonchev–Trinajstić information content (AvgIpc) is 3.22. The van der Waals surface area contributed by atoms with E-state index < -0.39 is 57.7 Å². The molecule has 224 valence electrons. The molecule has 4 rings (SSSR count). The summed E-state index contributed by atoms with van der Waals surface area (Å²) < 4.78 is 80.6. The zero-order valence-electron chi connectivity index (χ0n) is 22.7. The van der Waals surface area contributed by atoms with Gasteiger partial charge in [0.25, 0.3) is 0 Å². The zero-order chi connectivity index (χ0) is 30.1. The fourth-order valence-corrected chi connectivity index (χ4v) is 4.87. The third-order valence-electron chi connectivity index (χ3n) is 6.94. The number of rotatable bonds is 11. The van der Waals surface area contributed by atoms with Crippen molar-refractivity contribution in [3.8, 4) is 17.1 Å². The summed E-state index contributed by atoms with van der Waals surface area (Å²) in [6.45, 7) is 3.13. The molecule has 0 spiro atoms. The maximum absolute atomic E-state index is 16.2. The van der Waals surface area contributed by atoms with Gasteiger partial charge in [-0.05, 0) is 56.8 Å². The molecule has 41 heavy (non-hydrogen) atoms. The second-order valence-corrected chi connectivity index (χ2v) is 9.97. The van der Waals surface area contributed by atoms with Crippen LogP contribution in [0.15, 0.2) is 12.3 Å². The standard InChI is InChI=1S/C26H32F5N7O3/c1-12(8-15-4-6-33-15)41-25-24(37-40)23(34-10-18-14(5-7-39)11-38(3)36-18)21(28)22(35-25)16-9-17(32)20(27)13(2)19(16)26(29,30)31/h9,11-12,15,33,37,39-40H,4-8,10,32H2,1-3H3,(H,34,35). The van der Waals surface area contributed by atoms with Crippen molar-refractivity contribution < 1.29 is 37.0 Å². The first-order valence-corrected chi connectivity index (χ1v) is 12.9. The van der Waals surface area contributed by atoms with Crippen LogP contribution < -0.4 is 26.6 Å². The van der Waals surface area contributed by atoms with E-state index >= 15 is 4.39 Å².